The third-order valence-corrected chi connectivity index (χ3v) is 6.27. The van der Waals surface area contributed by atoms with Gasteiger partial charge in [0.2, 0.25) is 0 Å². The Morgan fingerprint density at radius 2 is 1.77 bits per heavy atom. The number of hydrogen-bond donors (Lipinski definition) is 0. The van der Waals surface area contributed by atoms with Crippen LogP contribution < -0.4 is 0 Å². The summed E-state index contributed by atoms with van der Waals surface area (Å²) in [6.45, 7) is 2.70. The van der Waals surface area contributed by atoms with Crippen LogP contribution in [0, 0.1) is 24.5 Å². The van der Waals surface area contributed by atoms with E-state index < -0.39 is 48.1 Å². The van der Waals surface area contributed by atoms with Gasteiger partial charge < -0.3 is 9.64 Å². The molecule has 30 heavy (non-hydrogen) atoms. The van der Waals surface area contributed by atoms with E-state index in [1.54, 1.807) is 25.1 Å². The summed E-state index contributed by atoms with van der Waals surface area (Å²) >= 11 is 0. The number of carbonyl (C=O) groups excluding carboxylic acids is 1. The maximum absolute atomic E-state index is 15.3. The van der Waals surface area contributed by atoms with Crippen molar-refractivity contribution in [3.63, 3.8) is 0 Å². The fraction of sp³-hybridized carbons (Fsp3) is 0.435. The van der Waals surface area contributed by atoms with Gasteiger partial charge in [0.15, 0.2) is 0 Å². The van der Waals surface area contributed by atoms with Crippen LogP contribution in [0.3, 0.4) is 0 Å². The van der Waals surface area contributed by atoms with Crippen LogP contribution in [-0.4, -0.2) is 42.0 Å². The van der Waals surface area contributed by atoms with Crippen molar-refractivity contribution in [2.75, 3.05) is 13.2 Å². The van der Waals surface area contributed by atoms with Crippen LogP contribution in [0.2, 0.25) is 0 Å². The summed E-state index contributed by atoms with van der Waals surface area (Å²) in [5.74, 6) is -5.86. The zero-order valence-corrected chi connectivity index (χ0v) is 16.8. The first kappa shape index (κ1) is 20.8. The van der Waals surface area contributed by atoms with Crippen molar-refractivity contribution >= 4 is 5.91 Å². The molecule has 2 aliphatic heterocycles. The molecule has 0 unspecified atom stereocenters. The van der Waals surface area contributed by atoms with E-state index in [1.807, 2.05) is 0 Å². The zero-order valence-electron chi connectivity index (χ0n) is 16.8. The molecule has 0 N–H and O–H groups in total. The lowest BCUT2D eigenvalue weighted by molar-refractivity contribution is -0.158. The predicted octanol–water partition coefficient (Wildman–Crippen LogP) is 4.75. The van der Waals surface area contributed by atoms with Crippen LogP contribution in [0.4, 0.5) is 17.6 Å². The molecule has 0 saturated carbocycles. The molecule has 0 radical (unpaired) electrons. The number of hydrogen-bond acceptors (Lipinski definition) is 2. The number of aryl methyl sites for hydroxylation is 1. The van der Waals surface area contributed by atoms with E-state index in [1.165, 1.54) is 25.1 Å². The van der Waals surface area contributed by atoms with Crippen LogP contribution in [0.1, 0.15) is 24.5 Å². The molecule has 0 aromatic heterocycles. The molecule has 2 aliphatic rings. The molecule has 0 aliphatic carbocycles. The summed E-state index contributed by atoms with van der Waals surface area (Å²) in [7, 11) is 0. The Bertz CT molecular complexity index is 974. The zero-order chi connectivity index (χ0) is 21.6. The second-order valence-corrected chi connectivity index (χ2v) is 8.15. The van der Waals surface area contributed by atoms with Crippen LogP contribution in [-0.2, 0) is 16.0 Å². The Hall–Kier alpha value is -2.41. The second kappa shape index (κ2) is 7.69. The van der Waals surface area contributed by atoms with Crippen molar-refractivity contribution < 1.29 is 27.1 Å². The third-order valence-electron chi connectivity index (χ3n) is 6.27. The van der Waals surface area contributed by atoms with E-state index in [9.17, 15) is 18.0 Å². The standard InChI is InChI=1S/C23H23F4NO2/c1-13-5-3-7-16(20(13)24)17-8-4-6-15(21(17)25)11-18-14(2)23(26,27)12-28(18)22(29)19-9-10-30-19/h3-8,14,18-19H,9-12H2,1-2H3/t14-,18+,19-/m1/s1. The summed E-state index contributed by atoms with van der Waals surface area (Å²) in [6.07, 6.45) is -0.285. The van der Waals surface area contributed by atoms with Gasteiger partial charge in [-0.3, -0.25) is 4.79 Å². The Labute approximate surface area is 172 Å². The lowest BCUT2D eigenvalue weighted by Gasteiger charge is -2.33. The SMILES string of the molecule is Cc1cccc(-c2cccc(C[C@H]3[C@@H](C)C(F)(F)CN3C(=O)[C@H]3CCO3)c2F)c1F. The third kappa shape index (κ3) is 3.49. The van der Waals surface area contributed by atoms with Gasteiger partial charge in [-0.05, 0) is 24.5 Å². The lowest BCUT2D eigenvalue weighted by Crippen LogP contribution is -2.49. The highest BCUT2D eigenvalue weighted by Gasteiger charge is 2.54. The summed E-state index contributed by atoms with van der Waals surface area (Å²) in [4.78, 5) is 13.8. The highest BCUT2D eigenvalue weighted by molar-refractivity contribution is 5.82. The van der Waals surface area contributed by atoms with Gasteiger partial charge in [-0.1, -0.05) is 43.3 Å². The molecule has 160 valence electrons. The Kier molecular flexibility index (Phi) is 5.34. The van der Waals surface area contributed by atoms with Crippen LogP contribution in [0.15, 0.2) is 36.4 Å². The molecular formula is C23H23F4NO2. The van der Waals surface area contributed by atoms with Crippen molar-refractivity contribution in [3.05, 3.63) is 59.2 Å². The van der Waals surface area contributed by atoms with Gasteiger partial charge >= 0.3 is 0 Å². The molecule has 4 rings (SSSR count). The van der Waals surface area contributed by atoms with Gasteiger partial charge in [0.25, 0.3) is 11.8 Å². The summed E-state index contributed by atoms with van der Waals surface area (Å²) < 4.78 is 63.9. The van der Waals surface area contributed by atoms with E-state index in [-0.39, 0.29) is 23.1 Å². The Morgan fingerprint density at radius 1 is 1.13 bits per heavy atom. The van der Waals surface area contributed by atoms with Crippen LogP contribution in [0.5, 0.6) is 0 Å². The fourth-order valence-electron chi connectivity index (χ4n) is 4.21. The number of benzene rings is 2. The van der Waals surface area contributed by atoms with E-state index in [0.29, 0.717) is 18.6 Å². The molecule has 2 saturated heterocycles. The molecule has 2 heterocycles. The van der Waals surface area contributed by atoms with Crippen molar-refractivity contribution in [1.29, 1.82) is 0 Å². The first-order chi connectivity index (χ1) is 14.2. The summed E-state index contributed by atoms with van der Waals surface area (Å²) in [6, 6.07) is 8.39. The van der Waals surface area contributed by atoms with Gasteiger partial charge in [0, 0.05) is 29.5 Å². The normalized spacial score (nSPS) is 25.3. The van der Waals surface area contributed by atoms with Crippen LogP contribution in [0.25, 0.3) is 11.1 Å². The van der Waals surface area contributed by atoms with Crippen molar-refractivity contribution in [2.45, 2.75) is 44.8 Å². The molecule has 2 fully saturated rings. The first-order valence-electron chi connectivity index (χ1n) is 10.0. The molecular weight excluding hydrogens is 398 g/mol. The van der Waals surface area contributed by atoms with E-state index in [0.717, 1.165) is 4.90 Å². The number of halogens is 4. The monoisotopic (exact) mass is 421 g/mol. The molecule has 3 atom stereocenters. The molecule has 0 spiro atoms. The van der Waals surface area contributed by atoms with Crippen LogP contribution >= 0.6 is 0 Å². The van der Waals surface area contributed by atoms with Crippen molar-refractivity contribution in [1.82, 2.24) is 4.90 Å². The predicted molar refractivity (Wildman–Crippen MR) is 104 cm³/mol. The maximum atomic E-state index is 15.3. The molecule has 2 aromatic rings. The smallest absolute Gasteiger partial charge is 0.269 e. The Morgan fingerprint density at radius 3 is 2.40 bits per heavy atom. The number of nitrogens with zero attached hydrogens (tertiary/aromatic N) is 1. The number of likely N-dealkylation sites (tertiary alicyclic amines) is 1. The summed E-state index contributed by atoms with van der Waals surface area (Å²) in [5, 5.41) is 0. The number of rotatable bonds is 4. The Balaban J connectivity index is 1.67. The van der Waals surface area contributed by atoms with E-state index in [2.05, 4.69) is 0 Å². The van der Waals surface area contributed by atoms with Gasteiger partial charge in [0.05, 0.1) is 13.2 Å². The largest absolute Gasteiger partial charge is 0.368 e. The van der Waals surface area contributed by atoms with E-state index >= 15 is 4.39 Å². The minimum absolute atomic E-state index is 0.0753. The first-order valence-corrected chi connectivity index (χ1v) is 10.0. The number of ether oxygens (including phenoxy) is 1. The molecule has 7 heteroatoms. The second-order valence-electron chi connectivity index (χ2n) is 8.15. The molecule has 2 aromatic carbocycles. The van der Waals surface area contributed by atoms with E-state index in [4.69, 9.17) is 4.74 Å². The quantitative estimate of drug-likeness (QED) is 0.667. The highest BCUT2D eigenvalue weighted by Crippen LogP contribution is 2.41. The highest BCUT2D eigenvalue weighted by atomic mass is 19.3. The molecule has 0 bridgehead atoms. The summed E-state index contributed by atoms with van der Waals surface area (Å²) in [5.41, 5.74) is 0.759. The van der Waals surface area contributed by atoms with Crippen molar-refractivity contribution in [3.8, 4) is 11.1 Å². The van der Waals surface area contributed by atoms with Gasteiger partial charge in [-0.15, -0.1) is 0 Å². The average Bonchev–Trinajstić information content (AvgIpc) is 2.88. The van der Waals surface area contributed by atoms with Crippen molar-refractivity contribution in [2.24, 2.45) is 5.92 Å². The van der Waals surface area contributed by atoms with Gasteiger partial charge in [-0.2, -0.15) is 0 Å². The topological polar surface area (TPSA) is 29.5 Å². The molecule has 1 amide bonds. The minimum Gasteiger partial charge on any atom is -0.368 e. The molecule has 3 nitrogen and oxygen atoms in total. The number of alkyl halides is 2. The van der Waals surface area contributed by atoms with Gasteiger partial charge in [-0.25, -0.2) is 17.6 Å². The van der Waals surface area contributed by atoms with Gasteiger partial charge in [0.1, 0.15) is 17.7 Å². The number of carbonyl (C=O) groups is 1. The minimum atomic E-state index is -3.07. The lowest BCUT2D eigenvalue weighted by atomic mass is 9.91. The maximum Gasteiger partial charge on any atom is 0.269 e. The fourth-order valence-corrected chi connectivity index (χ4v) is 4.21. The average molecular weight is 421 g/mol. The number of amides is 1.